The van der Waals surface area contributed by atoms with E-state index in [4.69, 9.17) is 4.42 Å². The van der Waals surface area contributed by atoms with Gasteiger partial charge in [0.25, 0.3) is 0 Å². The molecule has 0 aliphatic heterocycles. The van der Waals surface area contributed by atoms with Crippen LogP contribution < -0.4 is 0 Å². The third kappa shape index (κ3) is 4.46. The number of thiophene rings is 1. The molecule has 2 rings (SSSR count). The summed E-state index contributed by atoms with van der Waals surface area (Å²) < 4.78 is 5.99. The first-order valence-corrected chi connectivity index (χ1v) is 9.48. The molecular formula is C19H29NO2S. The van der Waals surface area contributed by atoms with E-state index in [0.717, 1.165) is 25.3 Å². The fraction of sp³-hybridized carbons (Fsp3) is 0.579. The lowest BCUT2D eigenvalue weighted by Crippen LogP contribution is -2.31. The Bertz CT molecular complexity index is 572. The summed E-state index contributed by atoms with van der Waals surface area (Å²) in [5.74, 6) is 1.62. The molecule has 0 amide bonds. The third-order valence-electron chi connectivity index (χ3n) is 4.80. The minimum atomic E-state index is -0.840. The van der Waals surface area contributed by atoms with E-state index in [9.17, 15) is 5.11 Å². The molecule has 0 aliphatic rings. The van der Waals surface area contributed by atoms with Gasteiger partial charge in [-0.05, 0) is 49.8 Å². The summed E-state index contributed by atoms with van der Waals surface area (Å²) in [6.45, 7) is 10.2. The van der Waals surface area contributed by atoms with Crippen LogP contribution in [0, 0.1) is 0 Å². The number of aliphatic hydroxyl groups is 1. The highest BCUT2D eigenvalue weighted by atomic mass is 32.1. The monoisotopic (exact) mass is 335 g/mol. The van der Waals surface area contributed by atoms with Gasteiger partial charge in [0, 0.05) is 17.5 Å². The van der Waals surface area contributed by atoms with Crippen molar-refractivity contribution in [1.29, 1.82) is 0 Å². The SMILES string of the molecule is CCC(C)N(Cc1ccc(C(O)(CC)CC)o1)Cc1cccs1. The first-order chi connectivity index (χ1) is 11.0. The van der Waals surface area contributed by atoms with Crippen molar-refractivity contribution in [3.63, 3.8) is 0 Å². The van der Waals surface area contributed by atoms with E-state index in [2.05, 4.69) is 36.3 Å². The van der Waals surface area contributed by atoms with Crippen LogP contribution in [0.1, 0.15) is 63.4 Å². The highest BCUT2D eigenvalue weighted by molar-refractivity contribution is 7.09. The lowest BCUT2D eigenvalue weighted by molar-refractivity contribution is 0.00492. The second-order valence-corrected chi connectivity index (χ2v) is 7.28. The quantitative estimate of drug-likeness (QED) is 0.688. The molecule has 128 valence electrons. The van der Waals surface area contributed by atoms with E-state index in [0.29, 0.717) is 24.6 Å². The fourth-order valence-electron chi connectivity index (χ4n) is 2.74. The molecule has 0 radical (unpaired) electrons. The maximum Gasteiger partial charge on any atom is 0.135 e. The first kappa shape index (κ1) is 18.2. The third-order valence-corrected chi connectivity index (χ3v) is 5.66. The summed E-state index contributed by atoms with van der Waals surface area (Å²) >= 11 is 1.79. The number of hydrogen-bond donors (Lipinski definition) is 1. The topological polar surface area (TPSA) is 36.6 Å². The Morgan fingerprint density at radius 2 is 1.91 bits per heavy atom. The van der Waals surface area contributed by atoms with E-state index in [1.54, 1.807) is 11.3 Å². The van der Waals surface area contributed by atoms with Crippen molar-refractivity contribution < 1.29 is 9.52 Å². The van der Waals surface area contributed by atoms with Gasteiger partial charge in [-0.3, -0.25) is 4.90 Å². The standard InChI is InChI=1S/C19H29NO2S/c1-5-15(4)20(14-17-9-8-12-23-17)13-16-10-11-18(22-16)19(21,6-2)7-3/h8-12,15,21H,5-7,13-14H2,1-4H3. The maximum atomic E-state index is 10.6. The summed E-state index contributed by atoms with van der Waals surface area (Å²) in [4.78, 5) is 3.81. The van der Waals surface area contributed by atoms with Crippen molar-refractivity contribution in [1.82, 2.24) is 4.90 Å². The molecule has 2 aromatic heterocycles. The van der Waals surface area contributed by atoms with Gasteiger partial charge in [0.05, 0.1) is 6.54 Å². The molecule has 4 heteroatoms. The van der Waals surface area contributed by atoms with Gasteiger partial charge in [-0.15, -0.1) is 11.3 Å². The number of rotatable bonds is 9. The van der Waals surface area contributed by atoms with Crippen LogP contribution in [-0.2, 0) is 18.7 Å². The van der Waals surface area contributed by atoms with Crippen LogP contribution in [0.25, 0.3) is 0 Å². The van der Waals surface area contributed by atoms with Crippen LogP contribution >= 0.6 is 11.3 Å². The highest BCUT2D eigenvalue weighted by Gasteiger charge is 2.29. The van der Waals surface area contributed by atoms with Crippen molar-refractivity contribution in [3.8, 4) is 0 Å². The molecule has 0 aromatic carbocycles. The minimum absolute atomic E-state index is 0.488. The summed E-state index contributed by atoms with van der Waals surface area (Å²) in [6.07, 6.45) is 2.44. The fourth-order valence-corrected chi connectivity index (χ4v) is 3.47. The molecule has 2 aromatic rings. The maximum absolute atomic E-state index is 10.6. The Morgan fingerprint density at radius 1 is 1.17 bits per heavy atom. The smallest absolute Gasteiger partial charge is 0.135 e. The average molecular weight is 336 g/mol. The molecule has 0 fully saturated rings. The predicted molar refractivity (Wildman–Crippen MR) is 96.5 cm³/mol. The van der Waals surface area contributed by atoms with Gasteiger partial charge in [-0.2, -0.15) is 0 Å². The normalized spacial score (nSPS) is 13.7. The molecule has 3 nitrogen and oxygen atoms in total. The van der Waals surface area contributed by atoms with E-state index >= 15 is 0 Å². The molecule has 0 saturated carbocycles. The Kier molecular flexibility index (Phi) is 6.45. The first-order valence-electron chi connectivity index (χ1n) is 8.60. The van der Waals surface area contributed by atoms with Gasteiger partial charge in [-0.25, -0.2) is 0 Å². The molecule has 1 N–H and O–H groups in total. The van der Waals surface area contributed by atoms with Crippen LogP contribution in [0.15, 0.2) is 34.1 Å². The highest BCUT2D eigenvalue weighted by Crippen LogP contribution is 2.30. The van der Waals surface area contributed by atoms with Crippen molar-refractivity contribution in [3.05, 3.63) is 46.0 Å². The number of hydrogen-bond acceptors (Lipinski definition) is 4. The van der Waals surface area contributed by atoms with Crippen molar-refractivity contribution >= 4 is 11.3 Å². The molecule has 1 unspecified atom stereocenters. The van der Waals surface area contributed by atoms with Gasteiger partial charge in [0.1, 0.15) is 17.1 Å². The van der Waals surface area contributed by atoms with E-state index < -0.39 is 5.60 Å². The Labute approximate surface area is 143 Å². The van der Waals surface area contributed by atoms with Crippen LogP contribution in [0.3, 0.4) is 0 Å². The second kappa shape index (κ2) is 8.13. The lowest BCUT2D eigenvalue weighted by Gasteiger charge is -2.27. The Morgan fingerprint density at radius 3 is 2.48 bits per heavy atom. The average Bonchev–Trinajstić information content (AvgIpc) is 3.24. The van der Waals surface area contributed by atoms with E-state index in [1.165, 1.54) is 4.88 Å². The Hall–Kier alpha value is -1.10. The van der Waals surface area contributed by atoms with Gasteiger partial charge in [0.15, 0.2) is 0 Å². The molecule has 0 saturated heterocycles. The zero-order valence-corrected chi connectivity index (χ0v) is 15.5. The molecular weight excluding hydrogens is 306 g/mol. The van der Waals surface area contributed by atoms with E-state index in [-0.39, 0.29) is 0 Å². The number of nitrogens with zero attached hydrogens (tertiary/aromatic N) is 1. The van der Waals surface area contributed by atoms with Crippen LogP contribution in [0.5, 0.6) is 0 Å². The summed E-state index contributed by atoms with van der Waals surface area (Å²) in [5.41, 5.74) is -0.840. The molecule has 0 aliphatic carbocycles. The van der Waals surface area contributed by atoms with Gasteiger partial charge < -0.3 is 9.52 Å². The minimum Gasteiger partial charge on any atom is -0.462 e. The van der Waals surface area contributed by atoms with Crippen molar-refractivity contribution in [2.75, 3.05) is 0 Å². The molecule has 2 heterocycles. The molecule has 0 spiro atoms. The lowest BCUT2D eigenvalue weighted by atomic mass is 9.95. The molecule has 23 heavy (non-hydrogen) atoms. The zero-order chi connectivity index (χ0) is 16.9. The Balaban J connectivity index is 2.12. The summed E-state index contributed by atoms with van der Waals surface area (Å²) in [6, 6.07) is 8.71. The van der Waals surface area contributed by atoms with Crippen LogP contribution in [0.4, 0.5) is 0 Å². The van der Waals surface area contributed by atoms with Gasteiger partial charge in [0.2, 0.25) is 0 Å². The molecule has 1 atom stereocenters. The van der Waals surface area contributed by atoms with Gasteiger partial charge in [-0.1, -0.05) is 26.8 Å². The van der Waals surface area contributed by atoms with Crippen LogP contribution in [0.2, 0.25) is 0 Å². The second-order valence-electron chi connectivity index (χ2n) is 6.25. The largest absolute Gasteiger partial charge is 0.462 e. The summed E-state index contributed by atoms with van der Waals surface area (Å²) in [5, 5.41) is 12.7. The molecule has 0 bridgehead atoms. The predicted octanol–water partition coefficient (Wildman–Crippen LogP) is 5.15. The van der Waals surface area contributed by atoms with Gasteiger partial charge >= 0.3 is 0 Å². The zero-order valence-electron chi connectivity index (χ0n) is 14.7. The van der Waals surface area contributed by atoms with Crippen molar-refractivity contribution in [2.45, 2.75) is 71.7 Å². The summed E-state index contributed by atoms with van der Waals surface area (Å²) in [7, 11) is 0. The number of furan rings is 1. The van der Waals surface area contributed by atoms with Crippen molar-refractivity contribution in [2.24, 2.45) is 0 Å². The van der Waals surface area contributed by atoms with E-state index in [1.807, 2.05) is 26.0 Å². The van der Waals surface area contributed by atoms with Crippen LogP contribution in [-0.4, -0.2) is 16.0 Å².